The highest BCUT2D eigenvalue weighted by Gasteiger charge is 2.54. The molecule has 2 aliphatic rings. The Balaban J connectivity index is 2.03. The number of carbonyl (C=O) groups is 1. The minimum absolute atomic E-state index is 0.0912. The molecule has 0 aromatic heterocycles. The number of carbonyl (C=O) groups excluding carboxylic acids is 1. The number of nitriles is 1. The van der Waals surface area contributed by atoms with Gasteiger partial charge in [0.25, 0.3) is 0 Å². The summed E-state index contributed by atoms with van der Waals surface area (Å²) < 4.78 is 0. The van der Waals surface area contributed by atoms with E-state index < -0.39 is 6.04 Å². The zero-order valence-corrected chi connectivity index (χ0v) is 8.47. The number of rotatable bonds is 3. The Morgan fingerprint density at radius 1 is 1.67 bits per heavy atom. The number of nitrogens with zero attached hydrogens (tertiary/aromatic N) is 2. The van der Waals surface area contributed by atoms with Gasteiger partial charge >= 0.3 is 0 Å². The summed E-state index contributed by atoms with van der Waals surface area (Å²) in [5, 5.41) is 17.6. The minimum Gasteiger partial charge on any atom is -0.396 e. The van der Waals surface area contributed by atoms with Crippen LogP contribution in [0.1, 0.15) is 19.3 Å². The SMILES string of the molecule is N#C[C@@H]1CC2CC2N1C(=O)[C@H](N)CCO. The molecule has 0 aromatic carbocycles. The van der Waals surface area contributed by atoms with Crippen LogP contribution >= 0.6 is 0 Å². The van der Waals surface area contributed by atoms with Gasteiger partial charge in [-0.3, -0.25) is 4.79 Å². The Morgan fingerprint density at radius 2 is 2.40 bits per heavy atom. The van der Waals surface area contributed by atoms with Crippen molar-refractivity contribution >= 4 is 5.91 Å². The highest BCUT2D eigenvalue weighted by Crippen LogP contribution is 2.47. The van der Waals surface area contributed by atoms with Crippen molar-refractivity contribution in [2.45, 2.75) is 37.4 Å². The summed E-state index contributed by atoms with van der Waals surface area (Å²) in [4.78, 5) is 13.5. The van der Waals surface area contributed by atoms with Gasteiger partial charge in [0.05, 0.1) is 12.1 Å². The second-order valence-electron chi connectivity index (χ2n) is 4.31. The van der Waals surface area contributed by atoms with Gasteiger partial charge in [0, 0.05) is 12.6 Å². The summed E-state index contributed by atoms with van der Waals surface area (Å²) in [7, 11) is 0. The maximum Gasteiger partial charge on any atom is 0.240 e. The first-order valence-electron chi connectivity index (χ1n) is 5.27. The highest BCUT2D eigenvalue weighted by molar-refractivity contribution is 5.83. The first-order valence-corrected chi connectivity index (χ1v) is 5.27. The van der Waals surface area contributed by atoms with E-state index in [0.717, 1.165) is 12.8 Å². The largest absolute Gasteiger partial charge is 0.396 e. The van der Waals surface area contributed by atoms with Crippen LogP contribution in [0.3, 0.4) is 0 Å². The molecule has 4 atom stereocenters. The van der Waals surface area contributed by atoms with Crippen LogP contribution in [0.2, 0.25) is 0 Å². The van der Waals surface area contributed by atoms with Gasteiger partial charge < -0.3 is 15.7 Å². The molecule has 5 heteroatoms. The number of aliphatic hydroxyl groups excluding tert-OH is 1. The molecule has 1 amide bonds. The van der Waals surface area contributed by atoms with Crippen LogP contribution in [0.15, 0.2) is 0 Å². The van der Waals surface area contributed by atoms with Crippen molar-refractivity contribution in [2.75, 3.05) is 6.61 Å². The normalized spacial score (nSPS) is 34.5. The topological polar surface area (TPSA) is 90.4 Å². The van der Waals surface area contributed by atoms with Crippen molar-refractivity contribution in [3.63, 3.8) is 0 Å². The van der Waals surface area contributed by atoms with E-state index in [4.69, 9.17) is 16.1 Å². The van der Waals surface area contributed by atoms with Crippen molar-refractivity contribution in [1.82, 2.24) is 4.90 Å². The summed E-state index contributed by atoms with van der Waals surface area (Å²) in [6.45, 7) is -0.0912. The predicted molar refractivity (Wildman–Crippen MR) is 52.4 cm³/mol. The molecule has 2 unspecified atom stereocenters. The minimum atomic E-state index is -0.662. The molecular formula is C10H15N3O2. The van der Waals surface area contributed by atoms with E-state index in [0.29, 0.717) is 5.92 Å². The molecule has 0 spiro atoms. The Hall–Kier alpha value is -1.12. The van der Waals surface area contributed by atoms with Gasteiger partial charge in [0.1, 0.15) is 6.04 Å². The Bertz CT molecular complexity index is 312. The highest BCUT2D eigenvalue weighted by atomic mass is 16.3. The van der Waals surface area contributed by atoms with Crippen molar-refractivity contribution in [3.05, 3.63) is 0 Å². The van der Waals surface area contributed by atoms with E-state index in [9.17, 15) is 4.79 Å². The third kappa shape index (κ3) is 1.71. The van der Waals surface area contributed by atoms with E-state index in [1.165, 1.54) is 0 Å². The van der Waals surface area contributed by atoms with E-state index >= 15 is 0 Å². The molecule has 15 heavy (non-hydrogen) atoms. The van der Waals surface area contributed by atoms with Crippen LogP contribution in [0, 0.1) is 17.2 Å². The number of hydrogen-bond donors (Lipinski definition) is 2. The lowest BCUT2D eigenvalue weighted by molar-refractivity contribution is -0.133. The van der Waals surface area contributed by atoms with E-state index in [2.05, 4.69) is 6.07 Å². The van der Waals surface area contributed by atoms with Crippen LogP contribution < -0.4 is 5.73 Å². The van der Waals surface area contributed by atoms with Crippen molar-refractivity contribution in [3.8, 4) is 6.07 Å². The van der Waals surface area contributed by atoms with Crippen LogP contribution in [0.25, 0.3) is 0 Å². The van der Waals surface area contributed by atoms with Gasteiger partial charge in [-0.05, 0) is 25.2 Å². The number of amides is 1. The molecule has 1 aliphatic carbocycles. The monoisotopic (exact) mass is 209 g/mol. The van der Waals surface area contributed by atoms with Gasteiger partial charge in [-0.25, -0.2) is 0 Å². The molecule has 0 aromatic rings. The fourth-order valence-corrected chi connectivity index (χ4v) is 2.34. The van der Waals surface area contributed by atoms with Gasteiger partial charge in [-0.15, -0.1) is 0 Å². The average Bonchev–Trinajstić information content (AvgIpc) is 2.89. The van der Waals surface area contributed by atoms with E-state index in [1.54, 1.807) is 4.90 Å². The molecular weight excluding hydrogens is 194 g/mol. The van der Waals surface area contributed by atoms with Crippen molar-refractivity contribution < 1.29 is 9.90 Å². The lowest BCUT2D eigenvalue weighted by atomic mass is 10.1. The summed E-state index contributed by atoms with van der Waals surface area (Å²) in [6, 6.07) is 1.42. The second-order valence-corrected chi connectivity index (χ2v) is 4.31. The Labute approximate surface area is 88.5 Å². The fourth-order valence-electron chi connectivity index (χ4n) is 2.34. The van der Waals surface area contributed by atoms with Crippen LogP contribution in [-0.2, 0) is 4.79 Å². The quantitative estimate of drug-likeness (QED) is 0.637. The Morgan fingerprint density at radius 3 is 3.00 bits per heavy atom. The fraction of sp³-hybridized carbons (Fsp3) is 0.800. The molecule has 1 aliphatic heterocycles. The van der Waals surface area contributed by atoms with Gasteiger partial charge in [-0.2, -0.15) is 5.26 Å². The molecule has 1 saturated heterocycles. The lowest BCUT2D eigenvalue weighted by Gasteiger charge is -2.25. The number of nitrogens with two attached hydrogens (primary N) is 1. The van der Waals surface area contributed by atoms with Crippen molar-refractivity contribution in [1.29, 1.82) is 5.26 Å². The third-order valence-corrected chi connectivity index (χ3v) is 3.27. The first kappa shape index (κ1) is 10.4. The number of hydrogen-bond acceptors (Lipinski definition) is 4. The van der Waals surface area contributed by atoms with Crippen LogP contribution in [0.4, 0.5) is 0 Å². The summed E-state index contributed by atoms with van der Waals surface area (Å²) in [6.07, 6.45) is 2.07. The standard InChI is InChI=1S/C10H15N3O2/c11-5-7-3-6-4-9(6)13(7)10(15)8(12)1-2-14/h6-9,14H,1-4,12H2/t6?,7-,8+,9?/m0/s1. The number of piperidine rings is 1. The maximum absolute atomic E-state index is 11.9. The van der Waals surface area contributed by atoms with Crippen LogP contribution in [0.5, 0.6) is 0 Å². The Kier molecular flexibility index (Phi) is 2.63. The molecule has 82 valence electrons. The molecule has 0 bridgehead atoms. The molecule has 3 N–H and O–H groups in total. The molecule has 1 heterocycles. The smallest absolute Gasteiger partial charge is 0.240 e. The molecule has 5 nitrogen and oxygen atoms in total. The summed E-state index contributed by atoms with van der Waals surface area (Å²) in [5.41, 5.74) is 5.64. The summed E-state index contributed by atoms with van der Waals surface area (Å²) in [5.74, 6) is 0.334. The van der Waals surface area contributed by atoms with Gasteiger partial charge in [-0.1, -0.05) is 0 Å². The summed E-state index contributed by atoms with van der Waals surface area (Å²) >= 11 is 0. The number of aliphatic hydroxyl groups is 1. The van der Waals surface area contributed by atoms with Gasteiger partial charge in [0.15, 0.2) is 0 Å². The molecule has 2 rings (SSSR count). The van der Waals surface area contributed by atoms with Gasteiger partial charge in [0.2, 0.25) is 5.91 Å². The van der Waals surface area contributed by atoms with Crippen LogP contribution in [-0.4, -0.2) is 40.6 Å². The average molecular weight is 209 g/mol. The first-order chi connectivity index (χ1) is 7.19. The zero-order chi connectivity index (χ0) is 11.0. The van der Waals surface area contributed by atoms with Crippen molar-refractivity contribution in [2.24, 2.45) is 11.7 Å². The molecule has 2 fully saturated rings. The predicted octanol–water partition coefficient (Wildman–Crippen LogP) is -0.791. The number of fused-ring (bicyclic) bond motifs is 1. The van der Waals surface area contributed by atoms with E-state index in [1.807, 2.05) is 0 Å². The number of likely N-dealkylation sites (tertiary alicyclic amines) is 1. The van der Waals surface area contributed by atoms with E-state index in [-0.39, 0.29) is 31.0 Å². The second kappa shape index (κ2) is 3.80. The maximum atomic E-state index is 11.9. The zero-order valence-electron chi connectivity index (χ0n) is 8.47. The molecule has 1 saturated carbocycles. The molecule has 0 radical (unpaired) electrons. The third-order valence-electron chi connectivity index (χ3n) is 3.27. The lowest BCUT2D eigenvalue weighted by Crippen LogP contribution is -2.47.